The highest BCUT2D eigenvalue weighted by molar-refractivity contribution is 7.99. The summed E-state index contributed by atoms with van der Waals surface area (Å²) >= 11 is 1.78. The maximum absolute atomic E-state index is 14.4. The maximum atomic E-state index is 14.4. The van der Waals surface area contributed by atoms with E-state index < -0.39 is 11.6 Å². The monoisotopic (exact) mass is 322 g/mol. The van der Waals surface area contributed by atoms with Crippen molar-refractivity contribution in [2.24, 2.45) is 5.73 Å². The summed E-state index contributed by atoms with van der Waals surface area (Å²) in [4.78, 5) is 0. The van der Waals surface area contributed by atoms with E-state index >= 15 is 0 Å². The number of rotatable bonds is 3. The quantitative estimate of drug-likeness (QED) is 0.944. The predicted octanol–water partition coefficient (Wildman–Crippen LogP) is 2.91. The molecule has 1 aliphatic rings. The number of hydrogen-bond acceptors (Lipinski definition) is 4. The molecule has 3 rings (SSSR count). The van der Waals surface area contributed by atoms with Crippen molar-refractivity contribution in [2.45, 2.75) is 19.4 Å². The van der Waals surface area contributed by atoms with Gasteiger partial charge in [0.1, 0.15) is 11.6 Å². The molecule has 0 fully saturated rings. The van der Waals surface area contributed by atoms with E-state index in [0.29, 0.717) is 17.8 Å². The first-order chi connectivity index (χ1) is 10.7. The lowest BCUT2D eigenvalue weighted by Gasteiger charge is -2.10. The van der Waals surface area contributed by atoms with Crippen LogP contribution < -0.4 is 5.73 Å². The molecule has 0 spiro atoms. The molecule has 0 saturated carbocycles. The molecule has 2 heterocycles. The third-order valence-electron chi connectivity index (χ3n) is 3.54. The van der Waals surface area contributed by atoms with Gasteiger partial charge in [-0.3, -0.25) is 0 Å². The highest BCUT2D eigenvalue weighted by atomic mass is 32.2. The molecule has 0 unspecified atom stereocenters. The number of aromatic nitrogens is 3. The molecule has 0 atom stereocenters. The van der Waals surface area contributed by atoms with Crippen LogP contribution in [0.25, 0.3) is 11.3 Å². The van der Waals surface area contributed by atoms with Gasteiger partial charge in [0, 0.05) is 30.0 Å². The topological polar surface area (TPSA) is 56.7 Å². The van der Waals surface area contributed by atoms with Crippen LogP contribution in [0.2, 0.25) is 0 Å². The average molecular weight is 322 g/mol. The normalized spacial score (nSPS) is 15.5. The average Bonchev–Trinajstić information content (AvgIpc) is 2.83. The summed E-state index contributed by atoms with van der Waals surface area (Å²) in [7, 11) is 0. The zero-order valence-corrected chi connectivity index (χ0v) is 12.7. The van der Waals surface area contributed by atoms with Crippen LogP contribution in [0.3, 0.4) is 0 Å². The van der Waals surface area contributed by atoms with Crippen LogP contribution in [0.15, 0.2) is 24.4 Å². The second-order valence-electron chi connectivity index (χ2n) is 5.05. The van der Waals surface area contributed by atoms with E-state index in [1.54, 1.807) is 18.0 Å². The zero-order valence-electron chi connectivity index (χ0n) is 11.9. The molecule has 0 aliphatic carbocycles. The molecule has 0 bridgehead atoms. The van der Waals surface area contributed by atoms with Crippen molar-refractivity contribution < 1.29 is 8.78 Å². The van der Waals surface area contributed by atoms with E-state index in [4.69, 9.17) is 5.73 Å². The summed E-state index contributed by atoms with van der Waals surface area (Å²) in [5.41, 5.74) is 7.15. The van der Waals surface area contributed by atoms with Crippen LogP contribution in [0.4, 0.5) is 8.78 Å². The second-order valence-corrected chi connectivity index (χ2v) is 6.20. The van der Waals surface area contributed by atoms with Gasteiger partial charge in [0.25, 0.3) is 0 Å². The van der Waals surface area contributed by atoms with Gasteiger partial charge in [0.15, 0.2) is 0 Å². The van der Waals surface area contributed by atoms with Crippen LogP contribution in [-0.2, 0) is 6.54 Å². The molecule has 2 N–H and O–H groups in total. The molecule has 0 amide bonds. The van der Waals surface area contributed by atoms with E-state index in [9.17, 15) is 8.78 Å². The van der Waals surface area contributed by atoms with Gasteiger partial charge in [-0.1, -0.05) is 11.3 Å². The van der Waals surface area contributed by atoms with E-state index in [-0.39, 0.29) is 12.1 Å². The van der Waals surface area contributed by atoms with Gasteiger partial charge in [-0.2, -0.15) is 11.8 Å². The summed E-state index contributed by atoms with van der Waals surface area (Å²) < 4.78 is 30.2. The van der Waals surface area contributed by atoms with Gasteiger partial charge in [-0.05, 0) is 24.2 Å². The van der Waals surface area contributed by atoms with Crippen molar-refractivity contribution >= 4 is 17.3 Å². The lowest BCUT2D eigenvalue weighted by Crippen LogP contribution is -2.02. The van der Waals surface area contributed by atoms with Crippen molar-refractivity contribution in [3.05, 3.63) is 47.3 Å². The summed E-state index contributed by atoms with van der Waals surface area (Å²) in [6, 6.07) is 2.57. The van der Waals surface area contributed by atoms with Gasteiger partial charge in [-0.25, -0.2) is 13.5 Å². The van der Waals surface area contributed by atoms with Gasteiger partial charge >= 0.3 is 0 Å². The molecule has 0 radical (unpaired) electrons. The summed E-state index contributed by atoms with van der Waals surface area (Å²) in [5.74, 6) is 0.664. The Bertz CT molecular complexity index is 688. The van der Waals surface area contributed by atoms with Gasteiger partial charge in [0.05, 0.1) is 17.6 Å². The lowest BCUT2D eigenvalue weighted by molar-refractivity contribution is 0.571. The summed E-state index contributed by atoms with van der Waals surface area (Å²) in [6.45, 7) is 0.230. The number of nitrogens with two attached hydrogens (primary N) is 1. The Labute approximate surface area is 131 Å². The fraction of sp³-hybridized carbons (Fsp3) is 0.333. The van der Waals surface area contributed by atoms with Crippen molar-refractivity contribution in [1.29, 1.82) is 0 Å². The van der Waals surface area contributed by atoms with Gasteiger partial charge < -0.3 is 5.73 Å². The van der Waals surface area contributed by atoms with E-state index in [1.807, 2.05) is 6.08 Å². The minimum Gasteiger partial charge on any atom is -0.325 e. The fourth-order valence-corrected chi connectivity index (χ4v) is 3.29. The van der Waals surface area contributed by atoms with Crippen LogP contribution >= 0.6 is 11.8 Å². The first kappa shape index (κ1) is 15.2. The Morgan fingerprint density at radius 3 is 2.73 bits per heavy atom. The van der Waals surface area contributed by atoms with Crippen LogP contribution in [0.5, 0.6) is 0 Å². The fourth-order valence-electron chi connectivity index (χ4n) is 2.45. The van der Waals surface area contributed by atoms with Crippen LogP contribution in [-0.4, -0.2) is 26.5 Å². The number of halogens is 2. The molecule has 1 aromatic carbocycles. The highest BCUT2D eigenvalue weighted by Gasteiger charge is 2.17. The molecule has 7 heteroatoms. The number of hydrogen-bond donors (Lipinski definition) is 1. The van der Waals surface area contributed by atoms with Gasteiger partial charge in [-0.15, -0.1) is 5.10 Å². The van der Waals surface area contributed by atoms with Crippen molar-refractivity contribution in [1.82, 2.24) is 15.0 Å². The third-order valence-corrected chi connectivity index (χ3v) is 4.52. The van der Waals surface area contributed by atoms with E-state index in [1.165, 1.54) is 16.8 Å². The number of benzene rings is 1. The first-order valence-electron chi connectivity index (χ1n) is 7.07. The summed E-state index contributed by atoms with van der Waals surface area (Å²) in [6.07, 6.45) is 5.11. The van der Waals surface area contributed by atoms with E-state index in [2.05, 4.69) is 10.3 Å². The zero-order chi connectivity index (χ0) is 15.5. The van der Waals surface area contributed by atoms with Crippen molar-refractivity contribution in [3.63, 3.8) is 0 Å². The Balaban J connectivity index is 1.99. The van der Waals surface area contributed by atoms with E-state index in [0.717, 1.165) is 23.5 Å². The SMILES string of the molecule is NCc1cn(-c2cc(F)c(C3=CCSCCC3)c(F)c2)nn1. The Kier molecular flexibility index (Phi) is 4.54. The standard InChI is InChI=1S/C15H16F2N4S/c16-13-6-12(21-9-11(8-18)19-20-21)7-14(17)15(13)10-2-1-4-22-5-3-10/h3,6-7,9H,1-2,4-5,8,18H2. The third kappa shape index (κ3) is 3.05. The smallest absolute Gasteiger partial charge is 0.135 e. The molecule has 1 aromatic heterocycles. The maximum Gasteiger partial charge on any atom is 0.135 e. The second kappa shape index (κ2) is 6.58. The molecule has 1 aliphatic heterocycles. The van der Waals surface area contributed by atoms with Gasteiger partial charge in [0.2, 0.25) is 0 Å². The Morgan fingerprint density at radius 2 is 2.05 bits per heavy atom. The largest absolute Gasteiger partial charge is 0.325 e. The molecular formula is C15H16F2N4S. The predicted molar refractivity (Wildman–Crippen MR) is 83.7 cm³/mol. The number of allylic oxidation sites excluding steroid dienone is 1. The highest BCUT2D eigenvalue weighted by Crippen LogP contribution is 2.30. The minimum absolute atomic E-state index is 0.0745. The van der Waals surface area contributed by atoms with Crippen molar-refractivity contribution in [2.75, 3.05) is 11.5 Å². The lowest BCUT2D eigenvalue weighted by atomic mass is 9.99. The molecule has 4 nitrogen and oxygen atoms in total. The number of nitrogens with zero attached hydrogens (tertiary/aromatic N) is 3. The molecule has 22 heavy (non-hydrogen) atoms. The first-order valence-corrected chi connectivity index (χ1v) is 8.22. The molecule has 116 valence electrons. The van der Waals surface area contributed by atoms with Crippen molar-refractivity contribution in [3.8, 4) is 5.69 Å². The molecular weight excluding hydrogens is 306 g/mol. The summed E-state index contributed by atoms with van der Waals surface area (Å²) in [5, 5.41) is 7.66. The minimum atomic E-state index is -0.571. The molecule has 0 saturated heterocycles. The molecule has 2 aromatic rings. The number of thioether (sulfide) groups is 1. The Hall–Kier alpha value is -1.73. The van der Waals surface area contributed by atoms with Crippen LogP contribution in [0, 0.1) is 11.6 Å². The van der Waals surface area contributed by atoms with Crippen LogP contribution in [0.1, 0.15) is 24.1 Å². The Morgan fingerprint density at radius 1 is 1.27 bits per heavy atom.